The fourth-order valence-corrected chi connectivity index (χ4v) is 4.57. The molecule has 1 fully saturated rings. The van der Waals surface area contributed by atoms with Crippen molar-refractivity contribution < 1.29 is 9.59 Å². The van der Waals surface area contributed by atoms with Crippen LogP contribution in [0.4, 0.5) is 0 Å². The molecule has 2 heterocycles. The maximum atomic E-state index is 12.9. The number of carbonyl (C=O) groups excluding carboxylic acids is 2. The standard InChI is InChI=1S/C21H27N3O2S/c1-14-8-17(27-13-14)10-23-21(26)19-9-16(12-24(19)20(25)11-22-3)18-7-5-4-6-15(18)2/h4-8,13,16,19,22H,9-12H2,1-3H3,(H,23,26). The summed E-state index contributed by atoms with van der Waals surface area (Å²) in [5, 5.41) is 8.01. The number of likely N-dealkylation sites (N-methyl/N-ethyl adjacent to an activating group) is 1. The molecule has 6 heteroatoms. The number of hydrogen-bond donors (Lipinski definition) is 2. The normalized spacial score (nSPS) is 19.3. The highest BCUT2D eigenvalue weighted by molar-refractivity contribution is 7.10. The van der Waals surface area contributed by atoms with Crippen LogP contribution < -0.4 is 10.6 Å². The summed E-state index contributed by atoms with van der Waals surface area (Å²) in [6.45, 7) is 5.47. The van der Waals surface area contributed by atoms with Gasteiger partial charge in [-0.1, -0.05) is 24.3 Å². The maximum absolute atomic E-state index is 12.9. The van der Waals surface area contributed by atoms with E-state index in [0.29, 0.717) is 19.5 Å². The molecule has 1 aromatic carbocycles. The van der Waals surface area contributed by atoms with E-state index < -0.39 is 6.04 Å². The van der Waals surface area contributed by atoms with Crippen LogP contribution in [0.3, 0.4) is 0 Å². The summed E-state index contributed by atoms with van der Waals surface area (Å²) < 4.78 is 0. The number of nitrogens with one attached hydrogen (secondary N) is 2. The third-order valence-corrected chi connectivity index (χ3v) is 6.16. The van der Waals surface area contributed by atoms with Crippen molar-refractivity contribution in [3.8, 4) is 0 Å². The third kappa shape index (κ3) is 4.57. The summed E-state index contributed by atoms with van der Waals surface area (Å²) in [5.74, 6) is 0.0917. The van der Waals surface area contributed by atoms with Crippen LogP contribution in [0, 0.1) is 13.8 Å². The van der Waals surface area contributed by atoms with E-state index in [1.807, 2.05) is 19.1 Å². The molecule has 1 aliphatic heterocycles. The summed E-state index contributed by atoms with van der Waals surface area (Å²) >= 11 is 1.64. The molecule has 0 aliphatic carbocycles. The van der Waals surface area contributed by atoms with Crippen LogP contribution in [0.2, 0.25) is 0 Å². The second kappa shape index (κ2) is 8.67. The second-order valence-corrected chi connectivity index (χ2v) is 8.19. The smallest absolute Gasteiger partial charge is 0.243 e. The van der Waals surface area contributed by atoms with Gasteiger partial charge in [-0.25, -0.2) is 0 Å². The lowest BCUT2D eigenvalue weighted by Crippen LogP contribution is -2.47. The molecule has 2 aromatic rings. The Morgan fingerprint density at radius 2 is 2.04 bits per heavy atom. The van der Waals surface area contributed by atoms with Crippen molar-refractivity contribution >= 4 is 23.2 Å². The highest BCUT2D eigenvalue weighted by Gasteiger charge is 2.40. The van der Waals surface area contributed by atoms with E-state index in [-0.39, 0.29) is 24.3 Å². The summed E-state index contributed by atoms with van der Waals surface area (Å²) in [4.78, 5) is 28.3. The first kappa shape index (κ1) is 19.6. The zero-order valence-electron chi connectivity index (χ0n) is 16.1. The fraction of sp³-hybridized carbons (Fsp3) is 0.429. The van der Waals surface area contributed by atoms with Crippen LogP contribution in [-0.4, -0.2) is 42.9 Å². The lowest BCUT2D eigenvalue weighted by Gasteiger charge is -2.23. The molecule has 1 aromatic heterocycles. The molecule has 0 radical (unpaired) electrons. The topological polar surface area (TPSA) is 61.4 Å². The fourth-order valence-electron chi connectivity index (χ4n) is 3.76. The molecular formula is C21H27N3O2S. The van der Waals surface area contributed by atoms with Gasteiger partial charge < -0.3 is 15.5 Å². The molecule has 1 aliphatic rings. The molecule has 2 unspecified atom stereocenters. The highest BCUT2D eigenvalue weighted by Crippen LogP contribution is 2.33. The number of carbonyl (C=O) groups is 2. The van der Waals surface area contributed by atoms with Crippen LogP contribution in [0.25, 0.3) is 0 Å². The van der Waals surface area contributed by atoms with Crippen molar-refractivity contribution in [3.63, 3.8) is 0 Å². The van der Waals surface area contributed by atoms with Crippen molar-refractivity contribution in [2.24, 2.45) is 0 Å². The molecule has 1 saturated heterocycles. The van der Waals surface area contributed by atoms with Gasteiger partial charge in [0.15, 0.2) is 0 Å². The Labute approximate surface area is 164 Å². The van der Waals surface area contributed by atoms with Gasteiger partial charge in [-0.3, -0.25) is 9.59 Å². The van der Waals surface area contributed by atoms with E-state index in [0.717, 1.165) is 4.88 Å². The predicted molar refractivity (Wildman–Crippen MR) is 109 cm³/mol. The lowest BCUT2D eigenvalue weighted by molar-refractivity contribution is -0.137. The summed E-state index contributed by atoms with van der Waals surface area (Å²) in [6.07, 6.45) is 0.662. The minimum atomic E-state index is -0.420. The molecule has 2 N–H and O–H groups in total. The summed E-state index contributed by atoms with van der Waals surface area (Å²) in [7, 11) is 1.75. The van der Waals surface area contributed by atoms with Gasteiger partial charge in [0, 0.05) is 17.3 Å². The minimum Gasteiger partial charge on any atom is -0.349 e. The van der Waals surface area contributed by atoms with Crippen molar-refractivity contribution in [3.05, 3.63) is 57.3 Å². The number of likely N-dealkylation sites (tertiary alicyclic amines) is 1. The van der Waals surface area contributed by atoms with E-state index >= 15 is 0 Å². The molecular weight excluding hydrogens is 358 g/mol. The zero-order chi connectivity index (χ0) is 19.4. The second-order valence-electron chi connectivity index (χ2n) is 7.19. The molecule has 27 heavy (non-hydrogen) atoms. The number of thiophene rings is 1. The largest absolute Gasteiger partial charge is 0.349 e. The Hall–Kier alpha value is -2.18. The van der Waals surface area contributed by atoms with Gasteiger partial charge in [-0.05, 0) is 55.5 Å². The van der Waals surface area contributed by atoms with Crippen LogP contribution >= 0.6 is 11.3 Å². The van der Waals surface area contributed by atoms with Crippen molar-refractivity contribution in [2.45, 2.75) is 38.8 Å². The molecule has 144 valence electrons. The zero-order valence-corrected chi connectivity index (χ0v) is 16.9. The molecule has 0 saturated carbocycles. The Kier molecular flexibility index (Phi) is 6.29. The summed E-state index contributed by atoms with van der Waals surface area (Å²) in [6, 6.07) is 9.90. The van der Waals surface area contributed by atoms with E-state index in [2.05, 4.69) is 41.1 Å². The van der Waals surface area contributed by atoms with Crippen molar-refractivity contribution in [1.29, 1.82) is 0 Å². The lowest BCUT2D eigenvalue weighted by atomic mass is 9.92. The Balaban J connectivity index is 1.74. The number of aryl methyl sites for hydroxylation is 2. The molecule has 2 atom stereocenters. The van der Waals surface area contributed by atoms with Crippen molar-refractivity contribution in [1.82, 2.24) is 15.5 Å². The Morgan fingerprint density at radius 3 is 2.70 bits per heavy atom. The number of hydrogen-bond acceptors (Lipinski definition) is 4. The quantitative estimate of drug-likeness (QED) is 0.803. The average molecular weight is 386 g/mol. The number of benzene rings is 1. The average Bonchev–Trinajstić information content (AvgIpc) is 3.27. The third-order valence-electron chi connectivity index (χ3n) is 5.10. The molecule has 5 nitrogen and oxygen atoms in total. The van der Waals surface area contributed by atoms with Crippen LogP contribution in [0.15, 0.2) is 35.7 Å². The molecule has 0 spiro atoms. The first-order valence-corrected chi connectivity index (χ1v) is 10.2. The van der Waals surface area contributed by atoms with Gasteiger partial charge in [0.25, 0.3) is 0 Å². The van der Waals surface area contributed by atoms with E-state index in [4.69, 9.17) is 0 Å². The number of amides is 2. The van der Waals surface area contributed by atoms with E-state index in [9.17, 15) is 9.59 Å². The highest BCUT2D eigenvalue weighted by atomic mass is 32.1. The van der Waals surface area contributed by atoms with Gasteiger partial charge in [-0.15, -0.1) is 11.3 Å². The van der Waals surface area contributed by atoms with Gasteiger partial charge in [0.05, 0.1) is 13.1 Å². The summed E-state index contributed by atoms with van der Waals surface area (Å²) in [5.41, 5.74) is 3.64. The number of rotatable bonds is 6. The minimum absolute atomic E-state index is 0.0271. The SMILES string of the molecule is CNCC(=O)N1CC(c2ccccc2C)CC1C(=O)NCc1cc(C)cs1. The predicted octanol–water partition coefficient (Wildman–Crippen LogP) is 2.59. The van der Waals surface area contributed by atoms with Gasteiger partial charge in [0.1, 0.15) is 6.04 Å². The maximum Gasteiger partial charge on any atom is 0.243 e. The molecule has 3 rings (SSSR count). The van der Waals surface area contributed by atoms with Crippen LogP contribution in [0.1, 0.15) is 33.9 Å². The van der Waals surface area contributed by atoms with Crippen LogP contribution in [-0.2, 0) is 16.1 Å². The molecule has 2 amide bonds. The monoisotopic (exact) mass is 385 g/mol. The first-order valence-electron chi connectivity index (χ1n) is 9.31. The Morgan fingerprint density at radius 1 is 1.26 bits per heavy atom. The Bertz CT molecular complexity index is 817. The number of nitrogens with zero attached hydrogens (tertiary/aromatic N) is 1. The van der Waals surface area contributed by atoms with Gasteiger partial charge >= 0.3 is 0 Å². The van der Waals surface area contributed by atoms with Gasteiger partial charge in [0.2, 0.25) is 11.8 Å². The molecule has 0 bridgehead atoms. The van der Waals surface area contributed by atoms with E-state index in [1.165, 1.54) is 16.7 Å². The van der Waals surface area contributed by atoms with E-state index in [1.54, 1.807) is 23.3 Å². The van der Waals surface area contributed by atoms with Gasteiger partial charge in [-0.2, -0.15) is 0 Å². The van der Waals surface area contributed by atoms with Crippen LogP contribution in [0.5, 0.6) is 0 Å². The van der Waals surface area contributed by atoms with Crippen molar-refractivity contribution in [2.75, 3.05) is 20.1 Å². The first-order chi connectivity index (χ1) is 13.0.